The fourth-order valence-corrected chi connectivity index (χ4v) is 4.69. The summed E-state index contributed by atoms with van der Waals surface area (Å²) in [6, 6.07) is 5.45. The molecule has 0 spiro atoms. The second-order valence-electron chi connectivity index (χ2n) is 7.31. The molecule has 3 aromatic rings. The SMILES string of the molecule is CNC(=O)c1cnccc1NC(=O)c1cc(-c2sc(N3CCOCC3)cc2C)cnc1N. The molecule has 1 aliphatic heterocycles. The number of rotatable bonds is 5. The van der Waals surface area contributed by atoms with E-state index in [1.165, 1.54) is 19.4 Å². The van der Waals surface area contributed by atoms with E-state index in [2.05, 4.69) is 31.6 Å². The zero-order valence-electron chi connectivity index (χ0n) is 17.8. The van der Waals surface area contributed by atoms with Crippen molar-refractivity contribution in [1.29, 1.82) is 0 Å². The third kappa shape index (κ3) is 4.41. The highest BCUT2D eigenvalue weighted by Crippen LogP contribution is 2.38. The standard InChI is InChI=1S/C22H24N6O3S/c1-13-9-18(28-5-7-31-8-6-28)32-19(13)14-10-15(20(23)26-11-14)22(30)27-17-3-4-25-12-16(17)21(29)24-2/h3-4,9-12H,5-8H2,1-2H3,(H2,23,26)(H,24,29)(H,25,27,30). The number of hydrogen-bond donors (Lipinski definition) is 3. The van der Waals surface area contributed by atoms with Crippen LogP contribution in [0, 0.1) is 6.92 Å². The van der Waals surface area contributed by atoms with Crippen LogP contribution >= 0.6 is 11.3 Å². The van der Waals surface area contributed by atoms with Gasteiger partial charge >= 0.3 is 0 Å². The number of ether oxygens (including phenoxy) is 1. The van der Waals surface area contributed by atoms with E-state index >= 15 is 0 Å². The highest BCUT2D eigenvalue weighted by Gasteiger charge is 2.20. The first-order valence-electron chi connectivity index (χ1n) is 10.1. The van der Waals surface area contributed by atoms with Crippen molar-refractivity contribution in [2.24, 2.45) is 0 Å². The lowest BCUT2D eigenvalue weighted by Crippen LogP contribution is -2.35. The first-order valence-corrected chi connectivity index (χ1v) is 11.0. The van der Waals surface area contributed by atoms with Crippen molar-refractivity contribution in [3.05, 3.63) is 53.5 Å². The van der Waals surface area contributed by atoms with E-state index in [9.17, 15) is 9.59 Å². The fraction of sp³-hybridized carbons (Fsp3) is 0.273. The zero-order valence-corrected chi connectivity index (χ0v) is 18.7. The molecule has 166 valence electrons. The Kier molecular flexibility index (Phi) is 6.33. The van der Waals surface area contributed by atoms with Crippen LogP contribution in [0.2, 0.25) is 0 Å². The maximum absolute atomic E-state index is 13.0. The van der Waals surface area contributed by atoms with Crippen molar-refractivity contribution in [2.75, 3.05) is 49.3 Å². The molecule has 3 aromatic heterocycles. The van der Waals surface area contributed by atoms with Gasteiger partial charge in [-0.2, -0.15) is 0 Å². The number of morpholine rings is 1. The topological polar surface area (TPSA) is 122 Å². The monoisotopic (exact) mass is 452 g/mol. The quantitative estimate of drug-likeness (QED) is 0.544. The molecular formula is C22H24N6O3S. The second-order valence-corrected chi connectivity index (χ2v) is 8.34. The number of carbonyl (C=O) groups is 2. The molecule has 1 saturated heterocycles. The van der Waals surface area contributed by atoms with E-state index in [0.29, 0.717) is 18.9 Å². The van der Waals surface area contributed by atoms with Crippen molar-refractivity contribution in [1.82, 2.24) is 15.3 Å². The first kappa shape index (κ1) is 21.7. The normalized spacial score (nSPS) is 13.6. The third-order valence-electron chi connectivity index (χ3n) is 5.19. The molecule has 0 radical (unpaired) electrons. The van der Waals surface area contributed by atoms with Crippen LogP contribution in [-0.2, 0) is 4.74 Å². The lowest BCUT2D eigenvalue weighted by Gasteiger charge is -2.27. The minimum Gasteiger partial charge on any atom is -0.383 e. The summed E-state index contributed by atoms with van der Waals surface area (Å²) in [6.45, 7) is 5.18. The summed E-state index contributed by atoms with van der Waals surface area (Å²) in [5.41, 5.74) is 8.78. The second kappa shape index (κ2) is 9.33. The van der Waals surface area contributed by atoms with Crippen LogP contribution in [0.5, 0.6) is 0 Å². The van der Waals surface area contributed by atoms with Crippen LogP contribution in [0.15, 0.2) is 36.8 Å². The van der Waals surface area contributed by atoms with Crippen molar-refractivity contribution in [3.63, 3.8) is 0 Å². The van der Waals surface area contributed by atoms with E-state index < -0.39 is 5.91 Å². The van der Waals surface area contributed by atoms with E-state index in [1.807, 2.05) is 6.92 Å². The molecular weight excluding hydrogens is 428 g/mol. The molecule has 9 nitrogen and oxygen atoms in total. The number of anilines is 3. The highest BCUT2D eigenvalue weighted by molar-refractivity contribution is 7.19. The predicted molar refractivity (Wildman–Crippen MR) is 125 cm³/mol. The number of thiophene rings is 1. The van der Waals surface area contributed by atoms with Gasteiger partial charge in [-0.1, -0.05) is 0 Å². The highest BCUT2D eigenvalue weighted by atomic mass is 32.1. The predicted octanol–water partition coefficient (Wildman–Crippen LogP) is 2.54. The van der Waals surface area contributed by atoms with Crippen LogP contribution in [0.3, 0.4) is 0 Å². The molecule has 0 atom stereocenters. The van der Waals surface area contributed by atoms with E-state index in [0.717, 1.165) is 34.1 Å². The van der Waals surface area contributed by atoms with Crippen LogP contribution in [0.25, 0.3) is 10.4 Å². The molecule has 0 bridgehead atoms. The van der Waals surface area contributed by atoms with Crippen LogP contribution < -0.4 is 21.3 Å². The summed E-state index contributed by atoms with van der Waals surface area (Å²) in [5.74, 6) is -0.682. The van der Waals surface area contributed by atoms with Crippen LogP contribution in [-0.4, -0.2) is 55.1 Å². The maximum Gasteiger partial charge on any atom is 0.259 e. The van der Waals surface area contributed by atoms with Gasteiger partial charge in [-0.3, -0.25) is 14.6 Å². The average Bonchev–Trinajstić information content (AvgIpc) is 3.21. The van der Waals surface area contributed by atoms with Crippen LogP contribution in [0.4, 0.5) is 16.5 Å². The number of pyridine rings is 2. The molecule has 1 fully saturated rings. The van der Waals surface area contributed by atoms with Gasteiger partial charge in [-0.25, -0.2) is 4.98 Å². The Bertz CT molecular complexity index is 1160. The van der Waals surface area contributed by atoms with Gasteiger partial charge in [0.15, 0.2) is 0 Å². The molecule has 0 aliphatic carbocycles. The lowest BCUT2D eigenvalue weighted by atomic mass is 10.1. The summed E-state index contributed by atoms with van der Waals surface area (Å²) in [4.78, 5) is 36.6. The number of carbonyl (C=O) groups excluding carboxylic acids is 2. The smallest absolute Gasteiger partial charge is 0.259 e. The fourth-order valence-electron chi connectivity index (χ4n) is 3.48. The molecule has 4 rings (SSSR count). The van der Waals surface area contributed by atoms with E-state index in [1.54, 1.807) is 29.7 Å². The van der Waals surface area contributed by atoms with Crippen LogP contribution in [0.1, 0.15) is 26.3 Å². The summed E-state index contributed by atoms with van der Waals surface area (Å²) in [5, 5.41) is 6.45. The van der Waals surface area contributed by atoms with Crippen molar-refractivity contribution in [2.45, 2.75) is 6.92 Å². The summed E-state index contributed by atoms with van der Waals surface area (Å²) in [6.07, 6.45) is 4.58. The molecule has 4 heterocycles. The number of nitrogens with zero attached hydrogens (tertiary/aromatic N) is 3. The van der Waals surface area contributed by atoms with Gasteiger partial charge in [0.05, 0.1) is 35.0 Å². The summed E-state index contributed by atoms with van der Waals surface area (Å²) in [7, 11) is 1.51. The number of amides is 2. The van der Waals surface area contributed by atoms with Gasteiger partial charge < -0.3 is 26.0 Å². The Morgan fingerprint density at radius 3 is 2.69 bits per heavy atom. The Labute approximate surface area is 189 Å². The third-order valence-corrected chi connectivity index (χ3v) is 6.54. The van der Waals surface area contributed by atoms with Gasteiger partial charge in [0.2, 0.25) is 0 Å². The zero-order chi connectivity index (χ0) is 22.7. The molecule has 0 saturated carbocycles. The largest absolute Gasteiger partial charge is 0.383 e. The van der Waals surface area contributed by atoms with Crippen molar-refractivity contribution >= 4 is 39.7 Å². The average molecular weight is 453 g/mol. The molecule has 10 heteroatoms. The Hall–Kier alpha value is -3.50. The van der Waals surface area contributed by atoms with E-state index in [-0.39, 0.29) is 22.9 Å². The number of aryl methyl sites for hydroxylation is 1. The van der Waals surface area contributed by atoms with Crippen molar-refractivity contribution < 1.29 is 14.3 Å². The summed E-state index contributed by atoms with van der Waals surface area (Å²) < 4.78 is 5.44. The maximum atomic E-state index is 13.0. The van der Waals surface area contributed by atoms with Gasteiger partial charge in [0, 0.05) is 49.2 Å². The Morgan fingerprint density at radius 2 is 1.94 bits per heavy atom. The van der Waals surface area contributed by atoms with Gasteiger partial charge in [-0.05, 0) is 30.7 Å². The number of hydrogen-bond acceptors (Lipinski definition) is 8. The Morgan fingerprint density at radius 1 is 1.16 bits per heavy atom. The minimum atomic E-state index is -0.448. The minimum absolute atomic E-state index is 0.115. The molecule has 4 N–H and O–H groups in total. The number of nitrogen functional groups attached to an aromatic ring is 1. The molecule has 0 aromatic carbocycles. The summed E-state index contributed by atoms with van der Waals surface area (Å²) >= 11 is 1.66. The molecule has 32 heavy (non-hydrogen) atoms. The molecule has 0 unspecified atom stereocenters. The number of nitrogens with two attached hydrogens (primary N) is 1. The van der Waals surface area contributed by atoms with Gasteiger partial charge in [0.25, 0.3) is 11.8 Å². The van der Waals surface area contributed by atoms with Gasteiger partial charge in [-0.15, -0.1) is 11.3 Å². The number of aromatic nitrogens is 2. The lowest BCUT2D eigenvalue weighted by molar-refractivity contribution is 0.0963. The number of nitrogens with one attached hydrogen (secondary N) is 2. The molecule has 1 aliphatic rings. The Balaban J connectivity index is 1.62. The first-order chi connectivity index (χ1) is 15.5. The molecule has 2 amide bonds. The van der Waals surface area contributed by atoms with Gasteiger partial charge in [0.1, 0.15) is 5.82 Å². The van der Waals surface area contributed by atoms with E-state index in [4.69, 9.17) is 10.5 Å². The van der Waals surface area contributed by atoms with Crippen molar-refractivity contribution in [3.8, 4) is 10.4 Å².